The number of carbonyl (C=O) groups is 1. The molecule has 3 N–H and O–H groups in total. The molecule has 0 unspecified atom stereocenters. The van der Waals surface area contributed by atoms with Gasteiger partial charge in [0.1, 0.15) is 11.5 Å². The van der Waals surface area contributed by atoms with Crippen molar-refractivity contribution in [3.63, 3.8) is 0 Å². The Morgan fingerprint density at radius 1 is 1.04 bits per heavy atom. The number of allylic oxidation sites excluding steroid dienone is 1. The summed E-state index contributed by atoms with van der Waals surface area (Å²) >= 11 is 0. The van der Waals surface area contributed by atoms with Gasteiger partial charge in [0.05, 0.1) is 35.5 Å². The van der Waals surface area contributed by atoms with Crippen molar-refractivity contribution in [3.8, 4) is 23.0 Å². The molecule has 0 aliphatic carbocycles. The molecule has 5 rings (SSSR count). The molecule has 0 saturated carbocycles. The van der Waals surface area contributed by atoms with E-state index in [9.17, 15) is 4.79 Å². The van der Waals surface area contributed by atoms with E-state index >= 15 is 4.39 Å². The van der Waals surface area contributed by atoms with Gasteiger partial charge in [0.15, 0.2) is 5.82 Å². The number of anilines is 2. The normalized spacial score (nSPS) is 11.4. The van der Waals surface area contributed by atoms with E-state index in [1.807, 2.05) is 44.6 Å². The average molecular weight is 603 g/mol. The van der Waals surface area contributed by atoms with Crippen LogP contribution >= 0.6 is 0 Å². The number of aromatic nitrogens is 6. The van der Waals surface area contributed by atoms with Gasteiger partial charge in [0, 0.05) is 42.5 Å². The van der Waals surface area contributed by atoms with Crippen molar-refractivity contribution in [2.45, 2.75) is 40.0 Å². The molecule has 45 heavy (non-hydrogen) atoms. The van der Waals surface area contributed by atoms with Gasteiger partial charge < -0.3 is 10.6 Å². The summed E-state index contributed by atoms with van der Waals surface area (Å²) in [5, 5.41) is 17.0. The minimum Gasteiger partial charge on any atom is -0.350 e. The molecule has 0 atom stereocenters. The molecular formula is C35H35FN8O. The molecule has 0 aliphatic heterocycles. The van der Waals surface area contributed by atoms with E-state index < -0.39 is 11.7 Å². The lowest BCUT2D eigenvalue weighted by Gasteiger charge is -2.21. The lowest BCUT2D eigenvalue weighted by molar-refractivity contribution is 0.102. The van der Waals surface area contributed by atoms with Crippen LogP contribution in [0.2, 0.25) is 0 Å². The summed E-state index contributed by atoms with van der Waals surface area (Å²) in [5.41, 5.74) is 6.14. The van der Waals surface area contributed by atoms with Gasteiger partial charge in [-0.3, -0.25) is 19.1 Å². The second-order valence-electron chi connectivity index (χ2n) is 11.7. The maximum Gasteiger partial charge on any atom is 0.258 e. The Morgan fingerprint density at radius 3 is 2.51 bits per heavy atom. The van der Waals surface area contributed by atoms with Gasteiger partial charge in [0.25, 0.3) is 5.91 Å². The fourth-order valence-corrected chi connectivity index (χ4v) is 4.71. The average Bonchev–Trinajstić information content (AvgIpc) is 3.74. The molecule has 0 bridgehead atoms. The molecule has 228 valence electrons. The van der Waals surface area contributed by atoms with E-state index in [-0.39, 0.29) is 11.0 Å². The molecule has 0 spiro atoms. The first-order chi connectivity index (χ1) is 21.4. The molecule has 0 saturated heterocycles. The number of aromatic amines is 1. The lowest BCUT2D eigenvalue weighted by Crippen LogP contribution is -2.16. The Bertz CT molecular complexity index is 1980. The van der Waals surface area contributed by atoms with Gasteiger partial charge in [-0.25, -0.2) is 9.37 Å². The first-order valence-electron chi connectivity index (χ1n) is 14.4. The van der Waals surface area contributed by atoms with Gasteiger partial charge >= 0.3 is 0 Å². The third-order valence-electron chi connectivity index (χ3n) is 7.14. The summed E-state index contributed by atoms with van der Waals surface area (Å²) in [6, 6.07) is 8.68. The van der Waals surface area contributed by atoms with E-state index in [0.29, 0.717) is 34.0 Å². The number of hydrogen-bond donors (Lipinski definition) is 3. The van der Waals surface area contributed by atoms with Crippen molar-refractivity contribution in [3.05, 3.63) is 114 Å². The number of nitrogens with one attached hydrogen (secondary N) is 3. The van der Waals surface area contributed by atoms with Gasteiger partial charge in [-0.2, -0.15) is 10.2 Å². The van der Waals surface area contributed by atoms with Crippen LogP contribution in [0.5, 0.6) is 0 Å². The maximum atomic E-state index is 15.2. The molecule has 9 nitrogen and oxygen atoms in total. The number of imidazole rings is 1. The topological polar surface area (TPSA) is 105 Å². The minimum absolute atomic E-state index is 0.102. The van der Waals surface area contributed by atoms with E-state index in [4.69, 9.17) is 0 Å². The van der Waals surface area contributed by atoms with Crippen LogP contribution < -0.4 is 10.6 Å². The number of amides is 1. The molecular weight excluding hydrogens is 567 g/mol. The highest BCUT2D eigenvalue weighted by Gasteiger charge is 2.19. The predicted molar refractivity (Wildman–Crippen MR) is 177 cm³/mol. The maximum absolute atomic E-state index is 15.2. The Labute approximate surface area is 261 Å². The van der Waals surface area contributed by atoms with Crippen molar-refractivity contribution in [1.82, 2.24) is 29.5 Å². The molecule has 5 aromatic rings. The number of halogens is 1. The number of nitrogens with zero attached hydrogens (tertiary/aromatic N) is 5. The van der Waals surface area contributed by atoms with E-state index in [0.717, 1.165) is 22.4 Å². The highest BCUT2D eigenvalue weighted by molar-refractivity contribution is 6.05. The summed E-state index contributed by atoms with van der Waals surface area (Å²) < 4.78 is 18.7. The zero-order valence-corrected chi connectivity index (χ0v) is 26.2. The van der Waals surface area contributed by atoms with Crippen LogP contribution in [-0.4, -0.2) is 35.4 Å². The summed E-state index contributed by atoms with van der Waals surface area (Å²) in [6.07, 6.45) is 12.4. The summed E-state index contributed by atoms with van der Waals surface area (Å²) in [4.78, 5) is 18.0. The number of benzene rings is 2. The molecule has 0 fully saturated rings. The molecule has 0 radical (unpaired) electrons. The van der Waals surface area contributed by atoms with Crippen molar-refractivity contribution >= 4 is 29.2 Å². The highest BCUT2D eigenvalue weighted by Crippen LogP contribution is 2.31. The van der Waals surface area contributed by atoms with Crippen molar-refractivity contribution in [2.24, 2.45) is 7.05 Å². The standard InChI is InChI=1S/C35H35FN8O/c1-8-11-44-30(20-37-33(44)23(3)41-29-18-38-39-19-29)10-9-24-15-31(32(36)12-22(24)2)34(45)42-28-14-25(26-17-40-43(7)21-26)13-27(16-28)35(4,5)6/h8,11-21,41H,3H2,1-2,4-7H3,(H,38,39)(H,42,45)/b11-8-. The number of rotatable bonds is 7. The fourth-order valence-electron chi connectivity index (χ4n) is 4.71. The SMILES string of the molecule is C=C(Nc1cn[nH]c1)c1ncc(C#Cc2cc(C(=O)Nc3cc(-c4cnn(C)c4)cc(C(C)(C)C)c3)c(F)cc2C)n1/C=C\C. The monoisotopic (exact) mass is 602 g/mol. The van der Waals surface area contributed by atoms with Crippen LogP contribution in [0.4, 0.5) is 15.8 Å². The summed E-state index contributed by atoms with van der Waals surface area (Å²) in [5.74, 6) is 5.61. The Kier molecular flexibility index (Phi) is 8.55. The van der Waals surface area contributed by atoms with Crippen LogP contribution in [0.1, 0.15) is 66.3 Å². The van der Waals surface area contributed by atoms with Gasteiger partial charge in [-0.15, -0.1) is 0 Å². The molecule has 1 amide bonds. The predicted octanol–water partition coefficient (Wildman–Crippen LogP) is 6.98. The number of aryl methyl sites for hydroxylation is 2. The molecule has 0 aliphatic rings. The summed E-state index contributed by atoms with van der Waals surface area (Å²) in [7, 11) is 1.85. The van der Waals surface area contributed by atoms with Crippen molar-refractivity contribution < 1.29 is 9.18 Å². The Hall–Kier alpha value is -5.69. The van der Waals surface area contributed by atoms with Crippen LogP contribution in [-0.2, 0) is 12.5 Å². The Morgan fingerprint density at radius 2 is 1.84 bits per heavy atom. The zero-order valence-electron chi connectivity index (χ0n) is 26.2. The number of hydrogen-bond acceptors (Lipinski definition) is 5. The fraction of sp³-hybridized carbons (Fsp3) is 0.200. The van der Waals surface area contributed by atoms with Crippen molar-refractivity contribution in [2.75, 3.05) is 10.6 Å². The van der Waals surface area contributed by atoms with Gasteiger partial charge in [-0.1, -0.05) is 45.4 Å². The molecule has 3 aromatic heterocycles. The summed E-state index contributed by atoms with van der Waals surface area (Å²) in [6.45, 7) is 14.0. The van der Waals surface area contributed by atoms with Gasteiger partial charge in [-0.05, 0) is 66.1 Å². The van der Waals surface area contributed by atoms with E-state index in [1.54, 1.807) is 41.0 Å². The molecule has 10 heteroatoms. The third-order valence-corrected chi connectivity index (χ3v) is 7.14. The zero-order chi connectivity index (χ0) is 32.3. The highest BCUT2D eigenvalue weighted by atomic mass is 19.1. The number of H-pyrrole nitrogens is 1. The van der Waals surface area contributed by atoms with E-state index in [2.05, 4.69) is 76.2 Å². The first kappa shape index (κ1) is 30.8. The van der Waals surface area contributed by atoms with Gasteiger partial charge in [0.2, 0.25) is 0 Å². The van der Waals surface area contributed by atoms with Crippen molar-refractivity contribution in [1.29, 1.82) is 0 Å². The largest absolute Gasteiger partial charge is 0.350 e. The second-order valence-corrected chi connectivity index (χ2v) is 11.7. The molecule has 2 aromatic carbocycles. The van der Waals surface area contributed by atoms with Crippen LogP contribution in [0, 0.1) is 24.6 Å². The van der Waals surface area contributed by atoms with Crippen LogP contribution in [0.15, 0.2) is 74.0 Å². The smallest absolute Gasteiger partial charge is 0.258 e. The molecule has 3 heterocycles. The quantitative estimate of drug-likeness (QED) is 0.174. The second kappa shape index (κ2) is 12.5. The van der Waals surface area contributed by atoms with E-state index in [1.165, 1.54) is 12.1 Å². The third kappa shape index (κ3) is 6.94. The van der Waals surface area contributed by atoms with Crippen LogP contribution in [0.25, 0.3) is 23.0 Å². The lowest BCUT2D eigenvalue weighted by atomic mass is 9.85. The number of carbonyl (C=O) groups excluding carboxylic acids is 1. The first-order valence-corrected chi connectivity index (χ1v) is 14.4. The minimum atomic E-state index is -0.627. The van der Waals surface area contributed by atoms with Crippen LogP contribution in [0.3, 0.4) is 0 Å². The Balaban J connectivity index is 1.45.